The Bertz CT molecular complexity index is 959. The molecule has 3 aromatic heterocycles. The number of carbonyl (C=O) groups is 1. The number of pyridine rings is 2. The van der Waals surface area contributed by atoms with Gasteiger partial charge in [0.1, 0.15) is 0 Å². The van der Waals surface area contributed by atoms with Crippen LogP contribution >= 0.6 is 11.3 Å². The molecule has 124 valence electrons. The molecule has 5 nitrogen and oxygen atoms in total. The molecule has 0 aromatic carbocycles. The van der Waals surface area contributed by atoms with Crippen LogP contribution in [0, 0.1) is 13.8 Å². The molecule has 3 rings (SSSR count). The minimum atomic E-state index is -0.472. The Labute approximate surface area is 143 Å². The lowest BCUT2D eigenvalue weighted by Gasteiger charge is -2.12. The first kappa shape index (κ1) is 16.4. The van der Waals surface area contributed by atoms with E-state index in [0.29, 0.717) is 34.3 Å². The van der Waals surface area contributed by atoms with Crippen molar-refractivity contribution in [3.8, 4) is 0 Å². The minimum Gasteiger partial charge on any atom is -0.465 e. The molecule has 0 amide bonds. The van der Waals surface area contributed by atoms with E-state index in [1.165, 1.54) is 12.0 Å². The Morgan fingerprint density at radius 2 is 2.08 bits per heavy atom. The number of esters is 1. The molecule has 0 bridgehead atoms. The Kier molecular flexibility index (Phi) is 4.49. The SMILES string of the molecule is COC(=O)c1c(C)nc(C)c2c(=O)n(CCc3cccs3)ccc12. The van der Waals surface area contributed by atoms with Gasteiger partial charge in [0.15, 0.2) is 0 Å². The largest absolute Gasteiger partial charge is 0.465 e. The van der Waals surface area contributed by atoms with Crippen molar-refractivity contribution in [2.45, 2.75) is 26.8 Å². The molecule has 0 aliphatic rings. The Hall–Kier alpha value is -2.47. The number of aryl methyl sites for hydroxylation is 4. The summed E-state index contributed by atoms with van der Waals surface area (Å²) in [7, 11) is 1.33. The van der Waals surface area contributed by atoms with Gasteiger partial charge < -0.3 is 9.30 Å². The molecular weight excluding hydrogens is 324 g/mol. The highest BCUT2D eigenvalue weighted by Crippen LogP contribution is 2.22. The van der Waals surface area contributed by atoms with Crippen molar-refractivity contribution in [1.82, 2.24) is 9.55 Å². The van der Waals surface area contributed by atoms with Crippen LogP contribution in [-0.4, -0.2) is 22.6 Å². The lowest BCUT2D eigenvalue weighted by Crippen LogP contribution is -2.23. The van der Waals surface area contributed by atoms with Gasteiger partial charge in [-0.1, -0.05) is 6.07 Å². The molecule has 0 radical (unpaired) electrons. The lowest BCUT2D eigenvalue weighted by molar-refractivity contribution is 0.0601. The molecule has 0 atom stereocenters. The summed E-state index contributed by atoms with van der Waals surface area (Å²) in [6.07, 6.45) is 2.54. The predicted molar refractivity (Wildman–Crippen MR) is 94.8 cm³/mol. The normalized spacial score (nSPS) is 11.0. The highest BCUT2D eigenvalue weighted by molar-refractivity contribution is 7.09. The minimum absolute atomic E-state index is 0.126. The van der Waals surface area contributed by atoms with Gasteiger partial charge in [0, 0.05) is 23.0 Å². The third-order valence-corrected chi connectivity index (χ3v) is 5.00. The van der Waals surface area contributed by atoms with Crippen molar-refractivity contribution in [3.63, 3.8) is 0 Å². The van der Waals surface area contributed by atoms with Crippen LogP contribution in [0.2, 0.25) is 0 Å². The van der Waals surface area contributed by atoms with Crippen LogP contribution in [0.25, 0.3) is 10.8 Å². The summed E-state index contributed by atoms with van der Waals surface area (Å²) in [6, 6.07) is 5.87. The van der Waals surface area contributed by atoms with Crippen molar-refractivity contribution >= 4 is 28.1 Å². The van der Waals surface area contributed by atoms with Gasteiger partial charge in [-0.25, -0.2) is 4.79 Å². The number of hydrogen-bond acceptors (Lipinski definition) is 5. The summed E-state index contributed by atoms with van der Waals surface area (Å²) in [5.74, 6) is -0.472. The van der Waals surface area contributed by atoms with Crippen LogP contribution in [-0.2, 0) is 17.7 Å². The number of nitrogens with zero attached hydrogens (tertiary/aromatic N) is 2. The fraction of sp³-hybridized carbons (Fsp3) is 0.278. The van der Waals surface area contributed by atoms with Gasteiger partial charge in [0.05, 0.1) is 29.4 Å². The molecule has 0 spiro atoms. The molecule has 0 N–H and O–H groups in total. The second-order valence-electron chi connectivity index (χ2n) is 5.58. The highest BCUT2D eigenvalue weighted by Gasteiger charge is 2.19. The molecule has 0 fully saturated rings. The van der Waals surface area contributed by atoms with E-state index in [1.54, 1.807) is 42.0 Å². The van der Waals surface area contributed by atoms with Gasteiger partial charge >= 0.3 is 5.97 Å². The average molecular weight is 342 g/mol. The molecule has 3 aromatic rings. The van der Waals surface area contributed by atoms with Gasteiger partial charge in [-0.3, -0.25) is 9.78 Å². The Morgan fingerprint density at radius 1 is 1.29 bits per heavy atom. The van der Waals surface area contributed by atoms with Crippen LogP contribution in [0.5, 0.6) is 0 Å². The van der Waals surface area contributed by atoms with Crippen molar-refractivity contribution < 1.29 is 9.53 Å². The topological polar surface area (TPSA) is 61.2 Å². The fourth-order valence-corrected chi connectivity index (χ4v) is 3.61. The Balaban J connectivity index is 2.11. The van der Waals surface area contributed by atoms with E-state index in [9.17, 15) is 9.59 Å². The number of ether oxygens (including phenoxy) is 1. The molecule has 0 saturated heterocycles. The van der Waals surface area contributed by atoms with E-state index in [4.69, 9.17) is 4.74 Å². The molecule has 0 aliphatic heterocycles. The third kappa shape index (κ3) is 2.85. The van der Waals surface area contributed by atoms with E-state index >= 15 is 0 Å². The van der Waals surface area contributed by atoms with Crippen LogP contribution in [0.15, 0.2) is 34.6 Å². The summed E-state index contributed by atoms with van der Waals surface area (Å²) >= 11 is 1.68. The van der Waals surface area contributed by atoms with Crippen molar-refractivity contribution in [3.05, 3.63) is 62.0 Å². The first-order valence-corrected chi connectivity index (χ1v) is 8.52. The number of thiophene rings is 1. The number of rotatable bonds is 4. The van der Waals surface area contributed by atoms with E-state index in [2.05, 4.69) is 11.1 Å². The van der Waals surface area contributed by atoms with Gasteiger partial charge in [0.2, 0.25) is 0 Å². The molecule has 3 heterocycles. The predicted octanol–water partition coefficient (Wildman–Crippen LogP) is 3.10. The smallest absolute Gasteiger partial charge is 0.340 e. The van der Waals surface area contributed by atoms with Crippen molar-refractivity contribution in [2.75, 3.05) is 7.11 Å². The quantitative estimate of drug-likeness (QED) is 0.684. The molecule has 0 saturated carbocycles. The molecular formula is C18H18N2O3S. The molecule has 0 unspecified atom stereocenters. The van der Waals surface area contributed by atoms with Gasteiger partial charge in [-0.05, 0) is 37.8 Å². The van der Waals surface area contributed by atoms with Crippen molar-refractivity contribution in [1.29, 1.82) is 0 Å². The zero-order valence-corrected chi connectivity index (χ0v) is 14.6. The summed E-state index contributed by atoms with van der Waals surface area (Å²) < 4.78 is 6.52. The summed E-state index contributed by atoms with van der Waals surface area (Å²) in [6.45, 7) is 4.14. The van der Waals surface area contributed by atoms with Crippen LogP contribution in [0.3, 0.4) is 0 Å². The van der Waals surface area contributed by atoms with Gasteiger partial charge in [0.25, 0.3) is 5.56 Å². The lowest BCUT2D eigenvalue weighted by atomic mass is 10.0. The third-order valence-electron chi connectivity index (χ3n) is 4.06. The van der Waals surface area contributed by atoms with E-state index in [-0.39, 0.29) is 5.56 Å². The zero-order chi connectivity index (χ0) is 17.3. The summed E-state index contributed by atoms with van der Waals surface area (Å²) in [4.78, 5) is 30.5. The number of carbonyl (C=O) groups excluding carboxylic acids is 1. The number of methoxy groups -OCH3 is 1. The summed E-state index contributed by atoms with van der Waals surface area (Å²) in [5.41, 5.74) is 1.44. The van der Waals surface area contributed by atoms with E-state index < -0.39 is 5.97 Å². The number of fused-ring (bicyclic) bond motifs is 1. The number of aromatic nitrogens is 2. The molecule has 6 heteroatoms. The summed E-state index contributed by atoms with van der Waals surface area (Å²) in [5, 5.41) is 3.11. The van der Waals surface area contributed by atoms with E-state index in [0.717, 1.165) is 6.42 Å². The maximum absolute atomic E-state index is 12.9. The maximum Gasteiger partial charge on any atom is 0.340 e. The fourth-order valence-electron chi connectivity index (χ4n) is 2.91. The second-order valence-corrected chi connectivity index (χ2v) is 6.61. The monoisotopic (exact) mass is 342 g/mol. The zero-order valence-electron chi connectivity index (χ0n) is 13.8. The molecule has 0 aliphatic carbocycles. The van der Waals surface area contributed by atoms with Crippen molar-refractivity contribution in [2.24, 2.45) is 0 Å². The maximum atomic E-state index is 12.9. The van der Waals surface area contributed by atoms with Gasteiger partial charge in [-0.2, -0.15) is 0 Å². The molecule has 24 heavy (non-hydrogen) atoms. The second kappa shape index (κ2) is 6.57. The van der Waals surface area contributed by atoms with Gasteiger partial charge in [-0.15, -0.1) is 11.3 Å². The Morgan fingerprint density at radius 3 is 2.75 bits per heavy atom. The van der Waals surface area contributed by atoms with Crippen LogP contribution < -0.4 is 5.56 Å². The van der Waals surface area contributed by atoms with Crippen LogP contribution in [0.1, 0.15) is 26.6 Å². The van der Waals surface area contributed by atoms with E-state index in [1.807, 2.05) is 11.4 Å². The first-order valence-electron chi connectivity index (χ1n) is 7.64. The first-order chi connectivity index (χ1) is 11.5. The average Bonchev–Trinajstić information content (AvgIpc) is 3.06. The highest BCUT2D eigenvalue weighted by atomic mass is 32.1. The number of hydrogen-bond donors (Lipinski definition) is 0. The van der Waals surface area contributed by atoms with Crippen LogP contribution in [0.4, 0.5) is 0 Å². The standard InChI is InChI=1S/C18H18N2O3S/c1-11-15-14(16(12(2)19-11)18(22)23-3)7-9-20(17(15)21)8-6-13-5-4-10-24-13/h4-5,7,9-10H,6,8H2,1-3H3.